The van der Waals surface area contributed by atoms with E-state index in [1.54, 1.807) is 24.3 Å². The van der Waals surface area contributed by atoms with Gasteiger partial charge in [-0.05, 0) is 28.1 Å². The summed E-state index contributed by atoms with van der Waals surface area (Å²) in [6.07, 6.45) is -0.101. The average molecular weight is 316 g/mol. The molecule has 0 bridgehead atoms. The second-order valence-electron chi connectivity index (χ2n) is 3.43. The highest BCUT2D eigenvalue weighted by atomic mass is 79.9. The quantitative estimate of drug-likeness (QED) is 0.914. The zero-order valence-electron chi connectivity index (χ0n) is 8.58. The van der Waals surface area contributed by atoms with Gasteiger partial charge in [-0.1, -0.05) is 23.7 Å². The summed E-state index contributed by atoms with van der Waals surface area (Å²) in [4.78, 5) is 17.8. The van der Waals surface area contributed by atoms with Gasteiger partial charge in [-0.2, -0.15) is 0 Å². The van der Waals surface area contributed by atoms with Crippen LogP contribution < -0.4 is 0 Å². The van der Waals surface area contributed by atoms with Gasteiger partial charge in [0.15, 0.2) is 4.73 Å². The number of aliphatic carboxylic acids is 1. The molecule has 0 fully saturated rings. The van der Waals surface area contributed by atoms with Gasteiger partial charge >= 0.3 is 5.97 Å². The molecule has 4 nitrogen and oxygen atoms in total. The van der Waals surface area contributed by atoms with E-state index in [0.717, 1.165) is 5.56 Å². The van der Waals surface area contributed by atoms with Crippen LogP contribution in [0.5, 0.6) is 0 Å². The fraction of sp³-hybridized carbons (Fsp3) is 0.0909. The fourth-order valence-electron chi connectivity index (χ4n) is 1.50. The molecule has 17 heavy (non-hydrogen) atoms. The molecule has 0 unspecified atom stereocenters. The molecule has 0 aliphatic heterocycles. The number of rotatable bonds is 3. The Kier molecular flexibility index (Phi) is 3.49. The second-order valence-corrected chi connectivity index (χ2v) is 4.62. The number of carbonyl (C=O) groups is 1. The number of hydrogen-bond acceptors (Lipinski definition) is 2. The molecule has 88 valence electrons. The van der Waals surface area contributed by atoms with Crippen LogP contribution in [0.4, 0.5) is 0 Å². The first-order chi connectivity index (χ1) is 8.06. The van der Waals surface area contributed by atoms with Gasteiger partial charge in [0.05, 0.1) is 17.8 Å². The third-order valence-electron chi connectivity index (χ3n) is 2.20. The molecule has 0 saturated carbocycles. The number of carboxylic acids is 1. The Morgan fingerprint density at radius 2 is 2.06 bits per heavy atom. The third kappa shape index (κ3) is 2.87. The molecule has 0 radical (unpaired) electrons. The van der Waals surface area contributed by atoms with Crippen LogP contribution in [0.15, 0.2) is 29.0 Å². The maximum atomic E-state index is 10.7. The zero-order chi connectivity index (χ0) is 12.4. The number of hydrogen-bond donors (Lipinski definition) is 2. The van der Waals surface area contributed by atoms with Gasteiger partial charge in [0.2, 0.25) is 0 Å². The fourth-order valence-corrected chi connectivity index (χ4v) is 2.05. The van der Waals surface area contributed by atoms with Crippen LogP contribution in [0.1, 0.15) is 5.69 Å². The Hall–Kier alpha value is -1.33. The molecule has 0 saturated heterocycles. The molecule has 1 aromatic carbocycles. The molecule has 0 amide bonds. The van der Waals surface area contributed by atoms with Crippen molar-refractivity contribution in [3.05, 3.63) is 39.7 Å². The van der Waals surface area contributed by atoms with E-state index in [4.69, 9.17) is 16.7 Å². The number of benzene rings is 1. The van der Waals surface area contributed by atoms with Gasteiger partial charge in [-0.3, -0.25) is 4.79 Å². The summed E-state index contributed by atoms with van der Waals surface area (Å²) in [5.41, 5.74) is 2.01. The number of nitrogens with zero attached hydrogens (tertiary/aromatic N) is 1. The minimum Gasteiger partial charge on any atom is -0.481 e. The molecule has 6 heteroatoms. The number of H-pyrrole nitrogens is 1. The summed E-state index contributed by atoms with van der Waals surface area (Å²) in [7, 11) is 0. The maximum absolute atomic E-state index is 10.7. The SMILES string of the molecule is O=C(O)Cc1[nH]c(Br)nc1-c1ccc(Cl)cc1. The van der Waals surface area contributed by atoms with E-state index in [2.05, 4.69) is 25.9 Å². The highest BCUT2D eigenvalue weighted by Crippen LogP contribution is 2.25. The molecule has 1 aromatic heterocycles. The smallest absolute Gasteiger partial charge is 0.309 e. The van der Waals surface area contributed by atoms with Crippen LogP contribution in [0.3, 0.4) is 0 Å². The Bertz CT molecular complexity index is 551. The van der Waals surface area contributed by atoms with E-state index in [9.17, 15) is 4.79 Å². The lowest BCUT2D eigenvalue weighted by Crippen LogP contribution is -2.01. The lowest BCUT2D eigenvalue weighted by atomic mass is 10.1. The molecular formula is C11H8BrClN2O2. The van der Waals surface area contributed by atoms with E-state index in [1.165, 1.54) is 0 Å². The summed E-state index contributed by atoms with van der Waals surface area (Å²) < 4.78 is 0.513. The van der Waals surface area contributed by atoms with Crippen LogP contribution in [0.2, 0.25) is 5.02 Å². The minimum absolute atomic E-state index is 0.101. The van der Waals surface area contributed by atoms with Crippen molar-refractivity contribution in [2.24, 2.45) is 0 Å². The van der Waals surface area contributed by atoms with E-state index in [-0.39, 0.29) is 6.42 Å². The first-order valence-electron chi connectivity index (χ1n) is 4.78. The highest BCUT2D eigenvalue weighted by Gasteiger charge is 2.13. The standard InChI is InChI=1S/C11H8BrClN2O2/c12-11-14-8(5-9(16)17)10(15-11)6-1-3-7(13)4-2-6/h1-4H,5H2,(H,14,15)(H,16,17). The molecule has 0 spiro atoms. The summed E-state index contributed by atoms with van der Waals surface area (Å²) in [5, 5.41) is 9.44. The van der Waals surface area contributed by atoms with Gasteiger partial charge in [0.1, 0.15) is 0 Å². The van der Waals surface area contributed by atoms with Crippen molar-refractivity contribution in [2.75, 3.05) is 0 Å². The maximum Gasteiger partial charge on any atom is 0.309 e. The van der Waals surface area contributed by atoms with Crippen LogP contribution in [0.25, 0.3) is 11.3 Å². The summed E-state index contributed by atoms with van der Waals surface area (Å²) in [6.45, 7) is 0. The first kappa shape index (κ1) is 12.1. The van der Waals surface area contributed by atoms with Gasteiger partial charge in [0, 0.05) is 10.6 Å². The van der Waals surface area contributed by atoms with Crippen LogP contribution in [-0.4, -0.2) is 21.0 Å². The van der Waals surface area contributed by atoms with Gasteiger partial charge in [-0.25, -0.2) is 4.98 Å². The predicted octanol–water partition coefficient (Wildman–Crippen LogP) is 3.12. The molecule has 2 rings (SSSR count). The lowest BCUT2D eigenvalue weighted by molar-refractivity contribution is -0.136. The van der Waals surface area contributed by atoms with Gasteiger partial charge in [-0.15, -0.1) is 0 Å². The molecular weight excluding hydrogens is 307 g/mol. The summed E-state index contributed by atoms with van der Waals surface area (Å²) in [5.74, 6) is -0.906. The minimum atomic E-state index is -0.906. The van der Waals surface area contributed by atoms with Crippen molar-refractivity contribution in [1.82, 2.24) is 9.97 Å². The van der Waals surface area contributed by atoms with E-state index in [0.29, 0.717) is 21.1 Å². The Balaban J connectivity index is 2.43. The molecule has 0 atom stereocenters. The van der Waals surface area contributed by atoms with Crippen LogP contribution in [-0.2, 0) is 11.2 Å². The van der Waals surface area contributed by atoms with Gasteiger partial charge in [0.25, 0.3) is 0 Å². The molecule has 0 aliphatic carbocycles. The Labute approximate surface area is 111 Å². The molecule has 1 heterocycles. The number of halogens is 2. The Morgan fingerprint density at radius 1 is 1.41 bits per heavy atom. The van der Waals surface area contributed by atoms with Crippen molar-refractivity contribution in [3.8, 4) is 11.3 Å². The number of nitrogens with one attached hydrogen (secondary N) is 1. The third-order valence-corrected chi connectivity index (χ3v) is 2.82. The number of carboxylic acid groups (broad SMARTS) is 1. The van der Waals surface area contributed by atoms with E-state index < -0.39 is 5.97 Å². The van der Waals surface area contributed by atoms with Crippen molar-refractivity contribution >= 4 is 33.5 Å². The van der Waals surface area contributed by atoms with Crippen LogP contribution in [0, 0.1) is 0 Å². The predicted molar refractivity (Wildman–Crippen MR) is 68.1 cm³/mol. The molecule has 2 N–H and O–H groups in total. The van der Waals surface area contributed by atoms with E-state index >= 15 is 0 Å². The molecule has 0 aliphatic rings. The van der Waals surface area contributed by atoms with Crippen molar-refractivity contribution in [1.29, 1.82) is 0 Å². The highest BCUT2D eigenvalue weighted by molar-refractivity contribution is 9.10. The van der Waals surface area contributed by atoms with Crippen LogP contribution >= 0.6 is 27.5 Å². The zero-order valence-corrected chi connectivity index (χ0v) is 10.9. The number of aromatic amines is 1. The largest absolute Gasteiger partial charge is 0.481 e. The second kappa shape index (κ2) is 4.89. The van der Waals surface area contributed by atoms with E-state index in [1.807, 2.05) is 0 Å². The van der Waals surface area contributed by atoms with Gasteiger partial charge < -0.3 is 10.1 Å². The number of aromatic nitrogens is 2. The monoisotopic (exact) mass is 314 g/mol. The molecule has 2 aromatic rings. The normalized spacial score (nSPS) is 10.5. The Morgan fingerprint density at radius 3 is 2.65 bits per heavy atom. The van der Waals surface area contributed by atoms with Crippen molar-refractivity contribution in [2.45, 2.75) is 6.42 Å². The lowest BCUT2D eigenvalue weighted by Gasteiger charge is -2.00. The average Bonchev–Trinajstić information content (AvgIpc) is 2.59. The van der Waals surface area contributed by atoms with Crippen molar-refractivity contribution in [3.63, 3.8) is 0 Å². The number of imidazole rings is 1. The first-order valence-corrected chi connectivity index (χ1v) is 5.95. The topological polar surface area (TPSA) is 66.0 Å². The van der Waals surface area contributed by atoms with Crippen molar-refractivity contribution < 1.29 is 9.90 Å². The summed E-state index contributed by atoms with van der Waals surface area (Å²) >= 11 is 9.00. The summed E-state index contributed by atoms with van der Waals surface area (Å²) in [6, 6.07) is 7.08.